The van der Waals surface area contributed by atoms with Crippen molar-refractivity contribution < 1.29 is 8.42 Å². The number of anilines is 1. The van der Waals surface area contributed by atoms with E-state index in [-0.39, 0.29) is 9.92 Å². The molecule has 1 saturated heterocycles. The third kappa shape index (κ3) is 3.87. The van der Waals surface area contributed by atoms with Crippen LogP contribution in [0.3, 0.4) is 0 Å². The molecule has 1 aromatic heterocycles. The van der Waals surface area contributed by atoms with Crippen LogP contribution in [0.1, 0.15) is 18.4 Å². The highest BCUT2D eigenvalue weighted by molar-refractivity contribution is 7.92. The normalized spacial score (nSPS) is 18.0. The molecule has 1 atom stereocenters. The van der Waals surface area contributed by atoms with E-state index in [1.807, 2.05) is 18.3 Å². The fourth-order valence-corrected chi connectivity index (χ4v) is 5.20. The Labute approximate surface area is 174 Å². The molecule has 0 bridgehead atoms. The van der Waals surface area contributed by atoms with E-state index in [1.54, 1.807) is 6.07 Å². The van der Waals surface area contributed by atoms with Crippen LogP contribution in [-0.2, 0) is 16.4 Å². The van der Waals surface area contributed by atoms with Crippen LogP contribution in [0, 0.1) is 0 Å². The molecule has 0 unspecified atom stereocenters. The van der Waals surface area contributed by atoms with Crippen molar-refractivity contribution in [2.24, 2.45) is 0 Å². The first-order valence-electron chi connectivity index (χ1n) is 9.11. The summed E-state index contributed by atoms with van der Waals surface area (Å²) in [5.74, 6) is 0. The largest absolute Gasteiger partial charge is 0.361 e. The first kappa shape index (κ1) is 19.6. The summed E-state index contributed by atoms with van der Waals surface area (Å²) in [5, 5.41) is 1.55. The molecule has 28 heavy (non-hydrogen) atoms. The smallest absolute Gasteiger partial charge is 0.261 e. The zero-order valence-corrected chi connectivity index (χ0v) is 17.7. The summed E-state index contributed by atoms with van der Waals surface area (Å²) in [6.07, 6.45) is 5.37. The Morgan fingerprint density at radius 2 is 2.00 bits per heavy atom. The molecule has 0 radical (unpaired) electrons. The number of likely N-dealkylation sites (tertiary alicyclic amines) is 1. The van der Waals surface area contributed by atoms with E-state index in [2.05, 4.69) is 21.7 Å². The first-order valence-corrected chi connectivity index (χ1v) is 11.4. The van der Waals surface area contributed by atoms with Gasteiger partial charge in [0.1, 0.15) is 0 Å². The van der Waals surface area contributed by atoms with Crippen molar-refractivity contribution in [3.8, 4) is 0 Å². The van der Waals surface area contributed by atoms with Crippen LogP contribution in [0.25, 0.3) is 10.9 Å². The number of benzene rings is 2. The predicted octanol–water partition coefficient (Wildman–Crippen LogP) is 4.91. The van der Waals surface area contributed by atoms with Crippen molar-refractivity contribution >= 4 is 49.8 Å². The quantitative estimate of drug-likeness (QED) is 0.595. The summed E-state index contributed by atoms with van der Waals surface area (Å²) in [7, 11) is -1.60. The van der Waals surface area contributed by atoms with Crippen LogP contribution in [0.15, 0.2) is 47.5 Å². The number of halogens is 2. The minimum absolute atomic E-state index is 0.0730. The highest BCUT2D eigenvalue weighted by Crippen LogP contribution is 2.29. The molecular weight excluding hydrogens is 417 g/mol. The molecule has 1 aliphatic rings. The lowest BCUT2D eigenvalue weighted by Crippen LogP contribution is -2.26. The van der Waals surface area contributed by atoms with Gasteiger partial charge in [-0.05, 0) is 74.8 Å². The van der Waals surface area contributed by atoms with Crippen molar-refractivity contribution in [2.45, 2.75) is 30.2 Å². The fraction of sp³-hybridized carbons (Fsp3) is 0.300. The number of aromatic nitrogens is 1. The standard InChI is InChI=1S/C20H21Cl2N3O2S/c1-25-8-2-3-15(25)9-13-12-23-20-7-4-14(10-17(13)20)24-28(26,27)16-5-6-18(21)19(22)11-16/h4-7,10-12,15,23-24H,2-3,8-9H2,1H3/t15-/m0/s1. The summed E-state index contributed by atoms with van der Waals surface area (Å²) in [4.78, 5) is 5.74. The molecule has 2 heterocycles. The van der Waals surface area contributed by atoms with Gasteiger partial charge in [-0.2, -0.15) is 0 Å². The molecule has 2 N–H and O–H groups in total. The number of fused-ring (bicyclic) bond motifs is 1. The summed E-state index contributed by atoms with van der Waals surface area (Å²) in [5.41, 5.74) is 2.71. The van der Waals surface area contributed by atoms with Gasteiger partial charge in [-0.3, -0.25) is 4.72 Å². The molecule has 5 nitrogen and oxygen atoms in total. The Morgan fingerprint density at radius 3 is 2.71 bits per heavy atom. The lowest BCUT2D eigenvalue weighted by atomic mass is 10.0. The average Bonchev–Trinajstić information content (AvgIpc) is 3.24. The number of rotatable bonds is 5. The number of nitrogens with one attached hydrogen (secondary N) is 2. The van der Waals surface area contributed by atoms with Crippen molar-refractivity contribution in [2.75, 3.05) is 18.3 Å². The number of likely N-dealkylation sites (N-methyl/N-ethyl adjacent to an activating group) is 1. The van der Waals surface area contributed by atoms with Gasteiger partial charge in [0, 0.05) is 28.8 Å². The van der Waals surface area contributed by atoms with E-state index in [1.165, 1.54) is 36.6 Å². The van der Waals surface area contributed by atoms with E-state index in [0.29, 0.717) is 16.8 Å². The maximum Gasteiger partial charge on any atom is 0.261 e. The Bertz CT molecular complexity index is 1130. The van der Waals surface area contributed by atoms with E-state index in [0.717, 1.165) is 23.9 Å². The van der Waals surface area contributed by atoms with E-state index < -0.39 is 10.0 Å². The van der Waals surface area contributed by atoms with Gasteiger partial charge >= 0.3 is 0 Å². The van der Waals surface area contributed by atoms with Crippen LogP contribution in [0.4, 0.5) is 5.69 Å². The van der Waals surface area contributed by atoms with Crippen molar-refractivity contribution in [3.05, 3.63) is 58.2 Å². The highest BCUT2D eigenvalue weighted by Gasteiger charge is 2.22. The topological polar surface area (TPSA) is 65.2 Å². The number of aromatic amines is 1. The maximum absolute atomic E-state index is 12.7. The van der Waals surface area contributed by atoms with E-state index in [4.69, 9.17) is 23.2 Å². The Kier molecular flexibility index (Phi) is 5.31. The second-order valence-corrected chi connectivity index (χ2v) is 9.73. The second-order valence-electron chi connectivity index (χ2n) is 7.24. The lowest BCUT2D eigenvalue weighted by molar-refractivity contribution is 0.310. The molecule has 148 valence electrons. The van der Waals surface area contributed by atoms with Gasteiger partial charge in [-0.15, -0.1) is 0 Å². The van der Waals surface area contributed by atoms with Gasteiger partial charge in [0.15, 0.2) is 0 Å². The summed E-state index contributed by atoms with van der Waals surface area (Å²) in [6.45, 7) is 1.13. The number of H-pyrrole nitrogens is 1. The zero-order valence-electron chi connectivity index (χ0n) is 15.4. The molecule has 0 spiro atoms. The van der Waals surface area contributed by atoms with Crippen LogP contribution >= 0.6 is 23.2 Å². The van der Waals surface area contributed by atoms with Crippen LogP contribution in [0.2, 0.25) is 10.0 Å². The van der Waals surface area contributed by atoms with E-state index >= 15 is 0 Å². The Hall–Kier alpha value is -1.73. The fourth-order valence-electron chi connectivity index (χ4n) is 3.76. The number of nitrogens with zero attached hydrogens (tertiary/aromatic N) is 1. The molecule has 0 aliphatic carbocycles. The summed E-state index contributed by atoms with van der Waals surface area (Å²) in [6, 6.07) is 10.3. The number of sulfonamides is 1. The van der Waals surface area contributed by atoms with Gasteiger partial charge in [0.25, 0.3) is 10.0 Å². The molecule has 8 heteroatoms. The minimum atomic E-state index is -3.76. The van der Waals surface area contributed by atoms with Gasteiger partial charge in [0.05, 0.1) is 14.9 Å². The zero-order chi connectivity index (χ0) is 19.9. The molecule has 0 saturated carbocycles. The summed E-state index contributed by atoms with van der Waals surface area (Å²) < 4.78 is 28.1. The highest BCUT2D eigenvalue weighted by atomic mass is 35.5. The minimum Gasteiger partial charge on any atom is -0.361 e. The first-order chi connectivity index (χ1) is 13.3. The lowest BCUT2D eigenvalue weighted by Gasteiger charge is -2.18. The third-order valence-electron chi connectivity index (χ3n) is 5.35. The van der Waals surface area contributed by atoms with Gasteiger partial charge < -0.3 is 9.88 Å². The molecule has 2 aromatic carbocycles. The second kappa shape index (κ2) is 7.59. The molecule has 0 amide bonds. The Balaban J connectivity index is 1.62. The van der Waals surface area contributed by atoms with Crippen LogP contribution in [-0.4, -0.2) is 37.9 Å². The SMILES string of the molecule is CN1CCC[C@H]1Cc1c[nH]c2ccc(NS(=O)(=O)c3ccc(Cl)c(Cl)c3)cc12. The number of hydrogen-bond acceptors (Lipinski definition) is 3. The Morgan fingerprint density at radius 1 is 1.18 bits per heavy atom. The molecular formula is C20H21Cl2N3O2S. The molecule has 1 aliphatic heterocycles. The third-order valence-corrected chi connectivity index (χ3v) is 7.47. The predicted molar refractivity (Wildman–Crippen MR) is 115 cm³/mol. The monoisotopic (exact) mass is 437 g/mol. The molecule has 3 aromatic rings. The van der Waals surface area contributed by atoms with E-state index in [9.17, 15) is 8.42 Å². The van der Waals surface area contributed by atoms with Gasteiger partial charge in [-0.25, -0.2) is 8.42 Å². The number of hydrogen-bond donors (Lipinski definition) is 2. The molecule has 4 rings (SSSR count). The summed E-state index contributed by atoms with van der Waals surface area (Å²) >= 11 is 11.9. The maximum atomic E-state index is 12.7. The van der Waals surface area contributed by atoms with Crippen molar-refractivity contribution in [3.63, 3.8) is 0 Å². The van der Waals surface area contributed by atoms with Crippen LogP contribution in [0.5, 0.6) is 0 Å². The van der Waals surface area contributed by atoms with Crippen molar-refractivity contribution in [1.82, 2.24) is 9.88 Å². The van der Waals surface area contributed by atoms with Crippen LogP contribution < -0.4 is 4.72 Å². The average molecular weight is 438 g/mol. The van der Waals surface area contributed by atoms with Crippen molar-refractivity contribution in [1.29, 1.82) is 0 Å². The van der Waals surface area contributed by atoms with Gasteiger partial charge in [0.2, 0.25) is 0 Å². The van der Waals surface area contributed by atoms with Gasteiger partial charge in [-0.1, -0.05) is 23.2 Å². The molecule has 1 fully saturated rings.